The fourth-order valence-corrected chi connectivity index (χ4v) is 2.84. The molecular weight excluding hydrogens is 218 g/mol. The van der Waals surface area contributed by atoms with E-state index in [0.29, 0.717) is 5.92 Å². The number of aryl methyl sites for hydroxylation is 2. The van der Waals surface area contributed by atoms with E-state index in [1.165, 1.54) is 36.8 Å². The van der Waals surface area contributed by atoms with E-state index in [1.54, 1.807) is 11.1 Å². The average Bonchev–Trinajstić information content (AvgIpc) is 2.38. The second kappa shape index (κ2) is 6.19. The van der Waals surface area contributed by atoms with Crippen LogP contribution >= 0.6 is 0 Å². The molecule has 2 N–H and O–H groups in total. The van der Waals surface area contributed by atoms with Gasteiger partial charge in [-0.15, -0.1) is 0 Å². The van der Waals surface area contributed by atoms with Gasteiger partial charge in [0.2, 0.25) is 0 Å². The highest BCUT2D eigenvalue weighted by Crippen LogP contribution is 2.28. The molecule has 1 aromatic rings. The van der Waals surface area contributed by atoms with Gasteiger partial charge in [0, 0.05) is 0 Å². The Bertz CT molecular complexity index is 429. The number of hydrogen-bond acceptors (Lipinski definition) is 1. The number of fused-ring (bicyclic) bond motifs is 1. The molecule has 0 fully saturated rings. The first-order valence-electron chi connectivity index (χ1n) is 7.24. The maximum atomic E-state index is 5.62. The first-order valence-corrected chi connectivity index (χ1v) is 7.24. The molecule has 1 heteroatoms. The topological polar surface area (TPSA) is 26.0 Å². The molecule has 0 bridgehead atoms. The van der Waals surface area contributed by atoms with Gasteiger partial charge in [-0.2, -0.15) is 0 Å². The van der Waals surface area contributed by atoms with Gasteiger partial charge in [-0.3, -0.25) is 0 Å². The van der Waals surface area contributed by atoms with Crippen LogP contribution in [0.15, 0.2) is 24.3 Å². The van der Waals surface area contributed by atoms with Gasteiger partial charge in [0.25, 0.3) is 0 Å². The van der Waals surface area contributed by atoms with Gasteiger partial charge in [0.05, 0.1) is 0 Å². The zero-order valence-electron chi connectivity index (χ0n) is 11.7. The molecule has 0 saturated carbocycles. The predicted octanol–water partition coefficient (Wildman–Crippen LogP) is 3.95. The Morgan fingerprint density at radius 1 is 1.22 bits per heavy atom. The van der Waals surface area contributed by atoms with Crippen LogP contribution in [0.3, 0.4) is 0 Å². The minimum absolute atomic E-state index is 0.568. The smallest absolute Gasteiger partial charge is 0.00424 e. The minimum Gasteiger partial charge on any atom is -0.330 e. The molecule has 0 aromatic heterocycles. The van der Waals surface area contributed by atoms with Crippen molar-refractivity contribution >= 4 is 5.57 Å². The van der Waals surface area contributed by atoms with Crippen LogP contribution in [0.5, 0.6) is 0 Å². The van der Waals surface area contributed by atoms with E-state index < -0.39 is 0 Å². The molecule has 0 aliphatic heterocycles. The number of hydrogen-bond donors (Lipinski definition) is 1. The molecule has 1 aliphatic rings. The van der Waals surface area contributed by atoms with Crippen LogP contribution in [0.2, 0.25) is 0 Å². The van der Waals surface area contributed by atoms with Crippen molar-refractivity contribution in [2.45, 2.75) is 46.0 Å². The summed E-state index contributed by atoms with van der Waals surface area (Å²) in [6.07, 6.45) is 8.51. The van der Waals surface area contributed by atoms with Gasteiger partial charge in [-0.05, 0) is 66.8 Å². The van der Waals surface area contributed by atoms with Gasteiger partial charge in [-0.1, -0.05) is 38.1 Å². The summed E-state index contributed by atoms with van der Waals surface area (Å²) in [5.74, 6) is 0.568. The van der Waals surface area contributed by atoms with Crippen molar-refractivity contribution in [2.75, 3.05) is 6.54 Å². The normalized spacial score (nSPS) is 15.9. The molecular formula is C17H25N. The van der Waals surface area contributed by atoms with Crippen molar-refractivity contribution in [1.29, 1.82) is 0 Å². The highest BCUT2D eigenvalue weighted by atomic mass is 14.5. The minimum atomic E-state index is 0.568. The first-order chi connectivity index (χ1) is 8.72. The molecule has 0 radical (unpaired) electrons. The van der Waals surface area contributed by atoms with Crippen LogP contribution in [0.4, 0.5) is 0 Å². The van der Waals surface area contributed by atoms with Crippen LogP contribution < -0.4 is 5.73 Å². The third kappa shape index (κ3) is 3.02. The maximum absolute atomic E-state index is 5.62. The monoisotopic (exact) mass is 243 g/mol. The highest BCUT2D eigenvalue weighted by Gasteiger charge is 2.12. The van der Waals surface area contributed by atoms with Crippen LogP contribution in [-0.4, -0.2) is 6.54 Å². The Kier molecular flexibility index (Phi) is 4.60. The van der Waals surface area contributed by atoms with E-state index in [1.807, 2.05) is 0 Å². The molecule has 1 aliphatic carbocycles. The lowest BCUT2D eigenvalue weighted by atomic mass is 9.86. The first kappa shape index (κ1) is 13.4. The summed E-state index contributed by atoms with van der Waals surface area (Å²) >= 11 is 0. The summed E-state index contributed by atoms with van der Waals surface area (Å²) in [6, 6.07) is 7.05. The van der Waals surface area contributed by atoms with Crippen LogP contribution in [0, 0.1) is 5.92 Å². The zero-order chi connectivity index (χ0) is 13.0. The van der Waals surface area contributed by atoms with Crippen molar-refractivity contribution in [2.24, 2.45) is 11.7 Å². The fraction of sp³-hybridized carbons (Fsp3) is 0.529. The lowest BCUT2D eigenvalue weighted by Crippen LogP contribution is -2.04. The van der Waals surface area contributed by atoms with Crippen LogP contribution in [0.1, 0.15) is 49.8 Å². The highest BCUT2D eigenvalue weighted by molar-refractivity contribution is 5.68. The van der Waals surface area contributed by atoms with E-state index in [2.05, 4.69) is 38.1 Å². The van der Waals surface area contributed by atoms with Gasteiger partial charge in [-0.25, -0.2) is 0 Å². The zero-order valence-corrected chi connectivity index (χ0v) is 11.7. The van der Waals surface area contributed by atoms with Crippen molar-refractivity contribution in [1.82, 2.24) is 0 Å². The molecule has 0 heterocycles. The fourth-order valence-electron chi connectivity index (χ4n) is 2.84. The van der Waals surface area contributed by atoms with Crippen molar-refractivity contribution in [3.63, 3.8) is 0 Å². The van der Waals surface area contributed by atoms with E-state index in [0.717, 1.165) is 13.0 Å². The SMILES string of the molecule is CC(C)/C(=C\CCN)c1ccc2c(c1)CCCC2. The van der Waals surface area contributed by atoms with Gasteiger partial charge >= 0.3 is 0 Å². The Morgan fingerprint density at radius 2 is 1.94 bits per heavy atom. The molecule has 1 aromatic carbocycles. The molecule has 0 amide bonds. The molecule has 0 atom stereocenters. The second-order valence-corrected chi connectivity index (χ2v) is 5.58. The van der Waals surface area contributed by atoms with E-state index >= 15 is 0 Å². The van der Waals surface area contributed by atoms with Crippen molar-refractivity contribution < 1.29 is 0 Å². The predicted molar refractivity (Wildman–Crippen MR) is 79.6 cm³/mol. The number of allylic oxidation sites excluding steroid dienone is 1. The van der Waals surface area contributed by atoms with Crippen LogP contribution in [0.25, 0.3) is 5.57 Å². The van der Waals surface area contributed by atoms with E-state index in [-0.39, 0.29) is 0 Å². The quantitative estimate of drug-likeness (QED) is 0.851. The van der Waals surface area contributed by atoms with Gasteiger partial charge in [0.15, 0.2) is 0 Å². The van der Waals surface area contributed by atoms with Crippen molar-refractivity contribution in [3.8, 4) is 0 Å². The second-order valence-electron chi connectivity index (χ2n) is 5.58. The summed E-state index contributed by atoms with van der Waals surface area (Å²) in [6.45, 7) is 5.27. The number of rotatable bonds is 4. The maximum Gasteiger partial charge on any atom is -0.00424 e. The molecule has 1 nitrogen and oxygen atoms in total. The summed E-state index contributed by atoms with van der Waals surface area (Å²) in [5, 5.41) is 0. The summed E-state index contributed by atoms with van der Waals surface area (Å²) in [7, 11) is 0. The van der Waals surface area contributed by atoms with Gasteiger partial charge in [0.1, 0.15) is 0 Å². The summed E-state index contributed by atoms with van der Waals surface area (Å²) in [4.78, 5) is 0. The number of benzene rings is 1. The molecule has 2 rings (SSSR count). The Labute approximate surface area is 111 Å². The van der Waals surface area contributed by atoms with E-state index in [9.17, 15) is 0 Å². The Balaban J connectivity index is 2.30. The molecule has 0 saturated heterocycles. The lowest BCUT2D eigenvalue weighted by Gasteiger charge is -2.19. The average molecular weight is 243 g/mol. The molecule has 98 valence electrons. The lowest BCUT2D eigenvalue weighted by molar-refractivity contribution is 0.685. The van der Waals surface area contributed by atoms with Crippen molar-refractivity contribution in [3.05, 3.63) is 41.0 Å². The third-order valence-electron chi connectivity index (χ3n) is 3.83. The molecule has 18 heavy (non-hydrogen) atoms. The third-order valence-corrected chi connectivity index (χ3v) is 3.83. The summed E-state index contributed by atoms with van der Waals surface area (Å²) in [5.41, 5.74) is 11.6. The van der Waals surface area contributed by atoms with E-state index in [4.69, 9.17) is 5.73 Å². The largest absolute Gasteiger partial charge is 0.330 e. The number of nitrogens with two attached hydrogens (primary N) is 1. The Morgan fingerprint density at radius 3 is 2.61 bits per heavy atom. The van der Waals surface area contributed by atoms with Gasteiger partial charge < -0.3 is 5.73 Å². The molecule has 0 spiro atoms. The summed E-state index contributed by atoms with van der Waals surface area (Å²) < 4.78 is 0. The molecule has 0 unspecified atom stereocenters. The Hall–Kier alpha value is -1.08. The van der Waals surface area contributed by atoms with Crippen LogP contribution in [-0.2, 0) is 12.8 Å². The standard InChI is InChI=1S/C17H25N/c1-13(2)17(8-5-11-18)16-10-9-14-6-3-4-7-15(14)12-16/h8-10,12-13H,3-7,11,18H2,1-2H3/b17-8+.